The molecule has 0 aliphatic rings. The van der Waals surface area contributed by atoms with Crippen LogP contribution in [0.5, 0.6) is 0 Å². The molecular formula is C16H14N2O3S. The molecule has 0 radical (unpaired) electrons. The fourth-order valence-electron chi connectivity index (χ4n) is 2.10. The Labute approximate surface area is 130 Å². The van der Waals surface area contributed by atoms with Gasteiger partial charge in [0.25, 0.3) is 5.91 Å². The Bertz CT molecular complexity index is 793. The standard InChI is InChI=1S/C16H14N2O3S/c19-15(18-8-11-4-3-7-22-11)10-21-16(20)13-9-17-14-6-2-1-5-12(13)14/h1-7,9,17H,8,10H2,(H,18,19). The summed E-state index contributed by atoms with van der Waals surface area (Å²) in [6.45, 7) is 0.158. The molecule has 0 spiro atoms. The molecule has 0 aliphatic carbocycles. The molecule has 3 aromatic rings. The maximum absolute atomic E-state index is 12.0. The van der Waals surface area contributed by atoms with Gasteiger partial charge in [-0.2, -0.15) is 0 Å². The van der Waals surface area contributed by atoms with Crippen LogP contribution < -0.4 is 5.32 Å². The number of aromatic nitrogens is 1. The summed E-state index contributed by atoms with van der Waals surface area (Å²) in [6, 6.07) is 11.3. The van der Waals surface area contributed by atoms with Crippen molar-refractivity contribution in [3.8, 4) is 0 Å². The number of carbonyl (C=O) groups excluding carboxylic acids is 2. The zero-order valence-electron chi connectivity index (χ0n) is 11.7. The Kier molecular flexibility index (Phi) is 4.20. The Morgan fingerprint density at radius 1 is 1.18 bits per heavy atom. The average Bonchev–Trinajstić information content (AvgIpc) is 3.19. The zero-order chi connectivity index (χ0) is 15.4. The molecule has 2 N–H and O–H groups in total. The maximum Gasteiger partial charge on any atom is 0.340 e. The number of carbonyl (C=O) groups is 2. The quantitative estimate of drug-likeness (QED) is 0.711. The monoisotopic (exact) mass is 314 g/mol. The Morgan fingerprint density at radius 3 is 2.86 bits per heavy atom. The Balaban J connectivity index is 1.54. The van der Waals surface area contributed by atoms with E-state index in [4.69, 9.17) is 4.74 Å². The normalized spacial score (nSPS) is 10.5. The third-order valence-corrected chi connectivity index (χ3v) is 4.06. The number of nitrogens with one attached hydrogen (secondary N) is 2. The predicted octanol–water partition coefficient (Wildman–Crippen LogP) is 2.70. The van der Waals surface area contributed by atoms with E-state index in [2.05, 4.69) is 10.3 Å². The minimum atomic E-state index is -0.510. The van der Waals surface area contributed by atoms with Crippen molar-refractivity contribution in [2.45, 2.75) is 6.54 Å². The highest BCUT2D eigenvalue weighted by atomic mass is 32.1. The third kappa shape index (κ3) is 3.17. The highest BCUT2D eigenvalue weighted by Crippen LogP contribution is 2.18. The lowest BCUT2D eigenvalue weighted by Gasteiger charge is -2.05. The smallest absolute Gasteiger partial charge is 0.340 e. The van der Waals surface area contributed by atoms with Gasteiger partial charge in [0.2, 0.25) is 0 Å². The molecule has 112 valence electrons. The first kappa shape index (κ1) is 14.3. The average molecular weight is 314 g/mol. The third-order valence-electron chi connectivity index (χ3n) is 3.18. The van der Waals surface area contributed by atoms with Gasteiger partial charge < -0.3 is 15.0 Å². The zero-order valence-corrected chi connectivity index (χ0v) is 12.5. The fraction of sp³-hybridized carbons (Fsp3) is 0.125. The molecule has 0 atom stereocenters. The molecule has 1 amide bonds. The topological polar surface area (TPSA) is 71.2 Å². The van der Waals surface area contributed by atoms with E-state index in [0.29, 0.717) is 12.1 Å². The molecule has 0 fully saturated rings. The van der Waals surface area contributed by atoms with Gasteiger partial charge in [-0.1, -0.05) is 24.3 Å². The van der Waals surface area contributed by atoms with Crippen molar-refractivity contribution in [1.82, 2.24) is 10.3 Å². The molecular weight excluding hydrogens is 300 g/mol. The van der Waals surface area contributed by atoms with Gasteiger partial charge >= 0.3 is 5.97 Å². The minimum Gasteiger partial charge on any atom is -0.452 e. The van der Waals surface area contributed by atoms with E-state index >= 15 is 0 Å². The molecule has 22 heavy (non-hydrogen) atoms. The predicted molar refractivity (Wildman–Crippen MR) is 84.7 cm³/mol. The van der Waals surface area contributed by atoms with Crippen molar-refractivity contribution in [2.75, 3.05) is 6.61 Å². The SMILES string of the molecule is O=C(COC(=O)c1c[nH]c2ccccc12)NCc1cccs1. The summed E-state index contributed by atoms with van der Waals surface area (Å²) in [5.41, 5.74) is 1.29. The van der Waals surface area contributed by atoms with Crippen molar-refractivity contribution >= 4 is 34.1 Å². The molecule has 0 bridgehead atoms. The van der Waals surface area contributed by atoms with E-state index < -0.39 is 5.97 Å². The number of aromatic amines is 1. The van der Waals surface area contributed by atoms with Gasteiger partial charge in [-0.05, 0) is 17.5 Å². The second-order valence-corrected chi connectivity index (χ2v) is 5.71. The van der Waals surface area contributed by atoms with Crippen molar-refractivity contribution in [3.63, 3.8) is 0 Å². The summed E-state index contributed by atoms with van der Waals surface area (Å²) in [5.74, 6) is -0.828. The number of amides is 1. The highest BCUT2D eigenvalue weighted by Gasteiger charge is 2.14. The second kappa shape index (κ2) is 6.44. The number of benzene rings is 1. The number of thiophene rings is 1. The van der Waals surface area contributed by atoms with Crippen LogP contribution in [0.15, 0.2) is 48.0 Å². The van der Waals surface area contributed by atoms with Gasteiger partial charge in [0.1, 0.15) is 0 Å². The van der Waals surface area contributed by atoms with E-state index in [1.807, 2.05) is 41.8 Å². The Morgan fingerprint density at radius 2 is 2.05 bits per heavy atom. The highest BCUT2D eigenvalue weighted by molar-refractivity contribution is 7.09. The summed E-state index contributed by atoms with van der Waals surface area (Å²) in [7, 11) is 0. The van der Waals surface area contributed by atoms with Crippen LogP contribution in [0.4, 0.5) is 0 Å². The number of hydrogen-bond acceptors (Lipinski definition) is 4. The summed E-state index contributed by atoms with van der Waals surface area (Å²) in [6.07, 6.45) is 1.59. The number of fused-ring (bicyclic) bond motifs is 1. The second-order valence-electron chi connectivity index (χ2n) is 4.68. The first-order chi connectivity index (χ1) is 10.7. The van der Waals surface area contributed by atoms with E-state index in [9.17, 15) is 9.59 Å². The molecule has 0 unspecified atom stereocenters. The maximum atomic E-state index is 12.0. The molecule has 6 heteroatoms. The van der Waals surface area contributed by atoms with E-state index in [-0.39, 0.29) is 12.5 Å². The summed E-state index contributed by atoms with van der Waals surface area (Å²) >= 11 is 1.56. The molecule has 0 saturated carbocycles. The van der Waals surface area contributed by atoms with Crippen LogP contribution in [0.25, 0.3) is 10.9 Å². The first-order valence-electron chi connectivity index (χ1n) is 6.76. The molecule has 2 heterocycles. The minimum absolute atomic E-state index is 0.288. The summed E-state index contributed by atoms with van der Waals surface area (Å²) in [5, 5.41) is 5.44. The van der Waals surface area contributed by atoms with Crippen molar-refractivity contribution in [3.05, 3.63) is 58.4 Å². The first-order valence-corrected chi connectivity index (χ1v) is 7.64. The van der Waals surface area contributed by atoms with Gasteiger partial charge in [-0.15, -0.1) is 11.3 Å². The lowest BCUT2D eigenvalue weighted by molar-refractivity contribution is -0.124. The number of rotatable bonds is 5. The van der Waals surface area contributed by atoms with Gasteiger partial charge in [0, 0.05) is 22.0 Å². The van der Waals surface area contributed by atoms with Crippen LogP contribution in [-0.4, -0.2) is 23.5 Å². The summed E-state index contributed by atoms with van der Waals surface area (Å²) < 4.78 is 5.06. The van der Waals surface area contributed by atoms with Crippen LogP contribution >= 0.6 is 11.3 Å². The number of H-pyrrole nitrogens is 1. The van der Waals surface area contributed by atoms with Crippen LogP contribution in [0.2, 0.25) is 0 Å². The van der Waals surface area contributed by atoms with E-state index in [1.165, 1.54) is 0 Å². The van der Waals surface area contributed by atoms with Crippen LogP contribution in [0.1, 0.15) is 15.2 Å². The largest absolute Gasteiger partial charge is 0.452 e. The molecule has 1 aromatic carbocycles. The number of ether oxygens (including phenoxy) is 1. The van der Waals surface area contributed by atoms with Crippen molar-refractivity contribution in [2.24, 2.45) is 0 Å². The molecule has 5 nitrogen and oxygen atoms in total. The molecule has 0 saturated heterocycles. The van der Waals surface area contributed by atoms with E-state index in [1.54, 1.807) is 17.5 Å². The van der Waals surface area contributed by atoms with Crippen molar-refractivity contribution in [1.29, 1.82) is 0 Å². The van der Waals surface area contributed by atoms with Gasteiger partial charge in [0.05, 0.1) is 12.1 Å². The van der Waals surface area contributed by atoms with Gasteiger partial charge in [-0.25, -0.2) is 4.79 Å². The fourth-order valence-corrected chi connectivity index (χ4v) is 2.74. The van der Waals surface area contributed by atoms with Crippen LogP contribution in [0.3, 0.4) is 0 Å². The molecule has 3 rings (SSSR count). The molecule has 2 aromatic heterocycles. The Hall–Kier alpha value is -2.60. The number of esters is 1. The molecule has 0 aliphatic heterocycles. The van der Waals surface area contributed by atoms with Crippen LogP contribution in [0, 0.1) is 0 Å². The van der Waals surface area contributed by atoms with Crippen LogP contribution in [-0.2, 0) is 16.1 Å². The van der Waals surface area contributed by atoms with Gasteiger partial charge in [-0.3, -0.25) is 4.79 Å². The van der Waals surface area contributed by atoms with E-state index in [0.717, 1.165) is 15.8 Å². The summed E-state index contributed by atoms with van der Waals surface area (Å²) in [4.78, 5) is 27.8. The number of para-hydroxylation sites is 1. The van der Waals surface area contributed by atoms with Crippen molar-refractivity contribution < 1.29 is 14.3 Å². The van der Waals surface area contributed by atoms with Gasteiger partial charge in [0.15, 0.2) is 6.61 Å². The lowest BCUT2D eigenvalue weighted by Crippen LogP contribution is -2.28. The number of hydrogen-bond donors (Lipinski definition) is 2. The lowest BCUT2D eigenvalue weighted by atomic mass is 10.2.